The third-order valence-corrected chi connectivity index (χ3v) is 2.70. The van der Waals surface area contributed by atoms with Gasteiger partial charge in [0.1, 0.15) is 5.15 Å². The predicted molar refractivity (Wildman–Crippen MR) is 68.7 cm³/mol. The Hall–Kier alpha value is -1.17. The van der Waals surface area contributed by atoms with Crippen molar-refractivity contribution in [3.05, 3.63) is 29.0 Å². The molecule has 0 bridgehead atoms. The molecule has 1 amide bonds. The van der Waals surface area contributed by atoms with Crippen LogP contribution in [0.25, 0.3) is 0 Å². The maximum Gasteiger partial charge on any atom is 0.257 e. The SMILES string of the molecule is CCN(CCOCCO)C(=O)c1cccnc1Cl. The Morgan fingerprint density at radius 1 is 1.56 bits per heavy atom. The van der Waals surface area contributed by atoms with Crippen molar-refractivity contribution in [2.24, 2.45) is 0 Å². The van der Waals surface area contributed by atoms with E-state index in [-0.39, 0.29) is 24.3 Å². The van der Waals surface area contributed by atoms with Gasteiger partial charge in [-0.3, -0.25) is 4.79 Å². The number of rotatable bonds is 7. The Morgan fingerprint density at radius 2 is 2.33 bits per heavy atom. The van der Waals surface area contributed by atoms with Gasteiger partial charge in [0.25, 0.3) is 5.91 Å². The second kappa shape index (κ2) is 8.02. The van der Waals surface area contributed by atoms with Crippen LogP contribution in [0.3, 0.4) is 0 Å². The lowest BCUT2D eigenvalue weighted by molar-refractivity contribution is 0.0579. The molecule has 1 N–H and O–H groups in total. The Morgan fingerprint density at radius 3 is 2.94 bits per heavy atom. The number of hydrogen-bond donors (Lipinski definition) is 1. The summed E-state index contributed by atoms with van der Waals surface area (Å²) in [4.78, 5) is 17.7. The average Bonchev–Trinajstić information content (AvgIpc) is 2.39. The molecule has 0 aliphatic carbocycles. The van der Waals surface area contributed by atoms with Crippen molar-refractivity contribution in [2.75, 3.05) is 32.9 Å². The average molecular weight is 273 g/mol. The van der Waals surface area contributed by atoms with E-state index in [0.29, 0.717) is 25.3 Å². The van der Waals surface area contributed by atoms with Crippen molar-refractivity contribution in [3.8, 4) is 0 Å². The Bertz CT molecular complexity index is 387. The molecule has 100 valence electrons. The molecule has 1 aromatic heterocycles. The zero-order valence-electron chi connectivity index (χ0n) is 10.3. The van der Waals surface area contributed by atoms with Crippen LogP contribution in [-0.4, -0.2) is 53.8 Å². The minimum absolute atomic E-state index is 0.0193. The first-order valence-electron chi connectivity index (χ1n) is 5.79. The third-order valence-electron chi connectivity index (χ3n) is 2.40. The molecule has 1 heterocycles. The molecule has 1 rings (SSSR count). The summed E-state index contributed by atoms with van der Waals surface area (Å²) in [7, 11) is 0. The van der Waals surface area contributed by atoms with E-state index < -0.39 is 0 Å². The summed E-state index contributed by atoms with van der Waals surface area (Å²) in [6.07, 6.45) is 1.54. The van der Waals surface area contributed by atoms with E-state index in [1.165, 1.54) is 0 Å². The standard InChI is InChI=1S/C12H17ClN2O3/c1-2-15(6-8-18-9-7-16)12(17)10-4-3-5-14-11(10)13/h3-5,16H,2,6-9H2,1H3. The molecule has 0 spiro atoms. The summed E-state index contributed by atoms with van der Waals surface area (Å²) in [6, 6.07) is 3.32. The minimum atomic E-state index is -0.164. The van der Waals surface area contributed by atoms with Gasteiger partial charge in [0.2, 0.25) is 0 Å². The van der Waals surface area contributed by atoms with E-state index >= 15 is 0 Å². The number of amides is 1. The van der Waals surface area contributed by atoms with Gasteiger partial charge in [-0.1, -0.05) is 11.6 Å². The smallest absolute Gasteiger partial charge is 0.257 e. The second-order valence-electron chi connectivity index (χ2n) is 3.56. The number of carbonyl (C=O) groups is 1. The van der Waals surface area contributed by atoms with Crippen LogP contribution >= 0.6 is 11.6 Å². The zero-order chi connectivity index (χ0) is 13.4. The first-order valence-corrected chi connectivity index (χ1v) is 6.16. The molecule has 5 nitrogen and oxygen atoms in total. The molecule has 0 aliphatic rings. The van der Waals surface area contributed by atoms with Crippen molar-refractivity contribution in [1.82, 2.24) is 9.88 Å². The normalized spacial score (nSPS) is 10.4. The molecule has 18 heavy (non-hydrogen) atoms. The summed E-state index contributed by atoms with van der Waals surface area (Å²) >= 11 is 5.88. The number of nitrogens with zero attached hydrogens (tertiary/aromatic N) is 2. The van der Waals surface area contributed by atoms with Crippen LogP contribution in [0.4, 0.5) is 0 Å². The number of halogens is 1. The van der Waals surface area contributed by atoms with Crippen molar-refractivity contribution in [1.29, 1.82) is 0 Å². The fourth-order valence-corrected chi connectivity index (χ4v) is 1.66. The van der Waals surface area contributed by atoms with Gasteiger partial charge >= 0.3 is 0 Å². The Balaban J connectivity index is 2.59. The van der Waals surface area contributed by atoms with Gasteiger partial charge in [-0.2, -0.15) is 0 Å². The summed E-state index contributed by atoms with van der Waals surface area (Å²) in [5, 5.41) is 8.79. The lowest BCUT2D eigenvalue weighted by Crippen LogP contribution is -2.34. The molecular weight excluding hydrogens is 256 g/mol. The first kappa shape index (κ1) is 14.9. The van der Waals surface area contributed by atoms with Crippen LogP contribution in [0, 0.1) is 0 Å². The van der Waals surface area contributed by atoms with E-state index in [2.05, 4.69) is 4.98 Å². The summed E-state index contributed by atoms with van der Waals surface area (Å²) in [6.45, 7) is 3.55. The van der Waals surface area contributed by atoms with Crippen LogP contribution < -0.4 is 0 Å². The molecule has 0 aromatic carbocycles. The van der Waals surface area contributed by atoms with E-state index in [1.54, 1.807) is 23.2 Å². The highest BCUT2D eigenvalue weighted by molar-refractivity contribution is 6.32. The number of hydrogen-bond acceptors (Lipinski definition) is 4. The van der Waals surface area contributed by atoms with Gasteiger partial charge in [-0.05, 0) is 19.1 Å². The van der Waals surface area contributed by atoms with Gasteiger partial charge in [0.15, 0.2) is 0 Å². The lowest BCUT2D eigenvalue weighted by atomic mass is 10.2. The maximum absolute atomic E-state index is 12.2. The predicted octanol–water partition coefficient (Wildman–Crippen LogP) is 1.21. The topological polar surface area (TPSA) is 62.7 Å². The maximum atomic E-state index is 12.2. The van der Waals surface area contributed by atoms with Gasteiger partial charge in [0, 0.05) is 19.3 Å². The molecule has 0 aliphatic heterocycles. The van der Waals surface area contributed by atoms with Crippen molar-refractivity contribution in [2.45, 2.75) is 6.92 Å². The van der Waals surface area contributed by atoms with Crippen LogP contribution in [-0.2, 0) is 4.74 Å². The highest BCUT2D eigenvalue weighted by Gasteiger charge is 2.17. The number of carbonyl (C=O) groups excluding carboxylic acids is 1. The van der Waals surface area contributed by atoms with Crippen LogP contribution in [0.1, 0.15) is 17.3 Å². The second-order valence-corrected chi connectivity index (χ2v) is 3.92. The van der Waals surface area contributed by atoms with Gasteiger partial charge in [-0.15, -0.1) is 0 Å². The fraction of sp³-hybridized carbons (Fsp3) is 0.500. The van der Waals surface area contributed by atoms with Gasteiger partial charge in [0.05, 0.1) is 25.4 Å². The molecule has 0 radical (unpaired) electrons. The lowest BCUT2D eigenvalue weighted by Gasteiger charge is -2.21. The number of ether oxygens (including phenoxy) is 1. The van der Waals surface area contributed by atoms with E-state index in [1.807, 2.05) is 6.92 Å². The molecule has 0 fully saturated rings. The monoisotopic (exact) mass is 272 g/mol. The minimum Gasteiger partial charge on any atom is -0.394 e. The highest BCUT2D eigenvalue weighted by atomic mass is 35.5. The number of aromatic nitrogens is 1. The van der Waals surface area contributed by atoms with E-state index in [4.69, 9.17) is 21.4 Å². The quantitative estimate of drug-likeness (QED) is 0.599. The molecule has 1 aromatic rings. The van der Waals surface area contributed by atoms with Crippen LogP contribution in [0.5, 0.6) is 0 Å². The number of pyridine rings is 1. The summed E-state index contributed by atoms with van der Waals surface area (Å²) < 4.78 is 5.14. The number of likely N-dealkylation sites (N-methyl/N-ethyl adjacent to an activating group) is 1. The molecule has 0 atom stereocenters. The Labute approximate surface area is 111 Å². The largest absolute Gasteiger partial charge is 0.394 e. The first-order chi connectivity index (χ1) is 8.70. The summed E-state index contributed by atoms with van der Waals surface area (Å²) in [5.74, 6) is -0.164. The van der Waals surface area contributed by atoms with E-state index in [9.17, 15) is 4.79 Å². The molecule has 0 saturated heterocycles. The molecular formula is C12H17ClN2O3. The van der Waals surface area contributed by atoms with Crippen molar-refractivity contribution < 1.29 is 14.6 Å². The highest BCUT2D eigenvalue weighted by Crippen LogP contribution is 2.14. The van der Waals surface area contributed by atoms with Gasteiger partial charge in [-0.25, -0.2) is 4.98 Å². The Kier molecular flexibility index (Phi) is 6.64. The molecule has 6 heteroatoms. The van der Waals surface area contributed by atoms with Crippen molar-refractivity contribution >= 4 is 17.5 Å². The van der Waals surface area contributed by atoms with Crippen molar-refractivity contribution in [3.63, 3.8) is 0 Å². The third kappa shape index (κ3) is 4.25. The zero-order valence-corrected chi connectivity index (χ0v) is 11.1. The summed E-state index contributed by atoms with van der Waals surface area (Å²) in [5.41, 5.74) is 0.392. The number of aliphatic hydroxyl groups is 1. The van der Waals surface area contributed by atoms with E-state index in [0.717, 1.165) is 0 Å². The molecule has 0 saturated carbocycles. The molecule has 0 unspecified atom stereocenters. The van der Waals surface area contributed by atoms with Gasteiger partial charge < -0.3 is 14.7 Å². The fourth-order valence-electron chi connectivity index (χ4n) is 1.46. The number of aliphatic hydroxyl groups excluding tert-OH is 1. The van der Waals surface area contributed by atoms with Crippen LogP contribution in [0.2, 0.25) is 5.15 Å². The van der Waals surface area contributed by atoms with Crippen LogP contribution in [0.15, 0.2) is 18.3 Å².